The quantitative estimate of drug-likeness (QED) is 0.842. The molecule has 1 aromatic carbocycles. The predicted octanol–water partition coefficient (Wildman–Crippen LogP) is 1.69. The Morgan fingerprint density at radius 3 is 2.37 bits per heavy atom. The Morgan fingerprint density at radius 2 is 1.70 bits per heavy atom. The highest BCUT2D eigenvalue weighted by Crippen LogP contribution is 2.19. The van der Waals surface area contributed by atoms with Crippen LogP contribution in [-0.2, 0) is 9.59 Å². The molecule has 7 nitrogen and oxygen atoms in total. The van der Waals surface area contributed by atoms with Crippen molar-refractivity contribution in [3.05, 3.63) is 60.3 Å². The van der Waals surface area contributed by atoms with E-state index >= 15 is 0 Å². The molecule has 1 aliphatic rings. The number of amides is 3. The number of anilines is 1. The standard InChI is InChI=1S/C20H22N4O3/c25-18(14-22-19(26)15-6-2-1-3-7-15)24-12-9-16(10-13-24)20(27)23-17-8-4-5-11-21-17/h1-8,11,16H,9-10,12-14H2,(H,22,26)(H,21,23,27). The van der Waals surface area contributed by atoms with E-state index in [1.165, 1.54) is 0 Å². The molecule has 0 unspecified atom stereocenters. The van der Waals surface area contributed by atoms with Crippen LogP contribution in [0, 0.1) is 5.92 Å². The summed E-state index contributed by atoms with van der Waals surface area (Å²) in [5, 5.41) is 5.45. The molecule has 2 aromatic rings. The van der Waals surface area contributed by atoms with Gasteiger partial charge in [-0.3, -0.25) is 14.4 Å². The highest BCUT2D eigenvalue weighted by atomic mass is 16.2. The number of hydrogen-bond acceptors (Lipinski definition) is 4. The number of carbonyl (C=O) groups excluding carboxylic acids is 3. The molecule has 0 aliphatic carbocycles. The van der Waals surface area contributed by atoms with E-state index in [1.807, 2.05) is 12.1 Å². The van der Waals surface area contributed by atoms with E-state index in [9.17, 15) is 14.4 Å². The normalized spacial score (nSPS) is 14.4. The number of rotatable bonds is 5. The topological polar surface area (TPSA) is 91.4 Å². The van der Waals surface area contributed by atoms with Gasteiger partial charge in [0, 0.05) is 30.8 Å². The highest BCUT2D eigenvalue weighted by molar-refractivity contribution is 5.96. The predicted molar refractivity (Wildman–Crippen MR) is 101 cm³/mol. The van der Waals surface area contributed by atoms with E-state index in [0.29, 0.717) is 37.3 Å². The lowest BCUT2D eigenvalue weighted by Crippen LogP contribution is -2.45. The maximum Gasteiger partial charge on any atom is 0.251 e. The summed E-state index contributed by atoms with van der Waals surface area (Å²) in [6.07, 6.45) is 2.81. The number of aromatic nitrogens is 1. The molecule has 1 saturated heterocycles. The fourth-order valence-corrected chi connectivity index (χ4v) is 3.02. The molecule has 1 aromatic heterocycles. The van der Waals surface area contributed by atoms with Crippen LogP contribution >= 0.6 is 0 Å². The van der Waals surface area contributed by atoms with Crippen molar-refractivity contribution in [2.75, 3.05) is 25.0 Å². The summed E-state index contributed by atoms with van der Waals surface area (Å²) in [4.78, 5) is 42.4. The van der Waals surface area contributed by atoms with Crippen LogP contribution in [0.15, 0.2) is 54.7 Å². The smallest absolute Gasteiger partial charge is 0.251 e. The van der Waals surface area contributed by atoms with Crippen LogP contribution in [0.3, 0.4) is 0 Å². The molecule has 2 N–H and O–H groups in total. The molecule has 1 fully saturated rings. The van der Waals surface area contributed by atoms with E-state index in [0.717, 1.165) is 0 Å². The fourth-order valence-electron chi connectivity index (χ4n) is 3.02. The second-order valence-corrected chi connectivity index (χ2v) is 6.41. The third-order valence-electron chi connectivity index (χ3n) is 4.57. The molecule has 0 radical (unpaired) electrons. The SMILES string of the molecule is O=C(NCC(=O)N1CCC(C(=O)Nc2ccccn2)CC1)c1ccccc1. The van der Waals surface area contributed by atoms with Gasteiger partial charge in [0.2, 0.25) is 11.8 Å². The largest absolute Gasteiger partial charge is 0.343 e. The zero-order valence-electron chi connectivity index (χ0n) is 14.9. The van der Waals surface area contributed by atoms with E-state index in [1.54, 1.807) is 47.5 Å². The molecule has 27 heavy (non-hydrogen) atoms. The van der Waals surface area contributed by atoms with Gasteiger partial charge < -0.3 is 15.5 Å². The molecule has 1 aliphatic heterocycles. The minimum absolute atomic E-state index is 0.0431. The van der Waals surface area contributed by atoms with Crippen molar-refractivity contribution in [1.82, 2.24) is 15.2 Å². The van der Waals surface area contributed by atoms with Gasteiger partial charge in [-0.15, -0.1) is 0 Å². The zero-order valence-corrected chi connectivity index (χ0v) is 14.9. The van der Waals surface area contributed by atoms with Gasteiger partial charge in [-0.1, -0.05) is 24.3 Å². The molecule has 0 bridgehead atoms. The van der Waals surface area contributed by atoms with Crippen LogP contribution in [0.1, 0.15) is 23.2 Å². The first-order valence-corrected chi connectivity index (χ1v) is 8.96. The van der Waals surface area contributed by atoms with Crippen LogP contribution < -0.4 is 10.6 Å². The molecule has 3 rings (SSSR count). The Hall–Kier alpha value is -3.22. The number of hydrogen-bond donors (Lipinski definition) is 2. The number of pyridine rings is 1. The molecule has 0 atom stereocenters. The van der Waals surface area contributed by atoms with Gasteiger partial charge >= 0.3 is 0 Å². The lowest BCUT2D eigenvalue weighted by atomic mass is 9.96. The van der Waals surface area contributed by atoms with Gasteiger partial charge in [0.1, 0.15) is 5.82 Å². The Kier molecular flexibility index (Phi) is 6.14. The van der Waals surface area contributed by atoms with Crippen LogP contribution in [-0.4, -0.2) is 47.2 Å². The first-order valence-electron chi connectivity index (χ1n) is 8.96. The molecule has 7 heteroatoms. The van der Waals surface area contributed by atoms with Gasteiger partial charge in [-0.2, -0.15) is 0 Å². The van der Waals surface area contributed by atoms with Gasteiger partial charge in [-0.05, 0) is 37.1 Å². The van der Waals surface area contributed by atoms with Crippen molar-refractivity contribution in [1.29, 1.82) is 0 Å². The van der Waals surface area contributed by atoms with Crippen molar-refractivity contribution in [3.8, 4) is 0 Å². The van der Waals surface area contributed by atoms with E-state index in [2.05, 4.69) is 15.6 Å². The van der Waals surface area contributed by atoms with E-state index in [4.69, 9.17) is 0 Å². The summed E-state index contributed by atoms with van der Waals surface area (Å²) in [5.41, 5.74) is 0.523. The molecular weight excluding hydrogens is 344 g/mol. The third kappa shape index (κ3) is 5.13. The van der Waals surface area contributed by atoms with Crippen molar-refractivity contribution in [2.24, 2.45) is 5.92 Å². The molecule has 2 heterocycles. The third-order valence-corrected chi connectivity index (χ3v) is 4.57. The summed E-state index contributed by atoms with van der Waals surface area (Å²) >= 11 is 0. The lowest BCUT2D eigenvalue weighted by molar-refractivity contribution is -0.133. The lowest BCUT2D eigenvalue weighted by Gasteiger charge is -2.31. The number of nitrogens with one attached hydrogen (secondary N) is 2. The minimum atomic E-state index is -0.270. The minimum Gasteiger partial charge on any atom is -0.343 e. The number of carbonyl (C=O) groups is 3. The second-order valence-electron chi connectivity index (χ2n) is 6.41. The number of nitrogens with zero attached hydrogens (tertiary/aromatic N) is 2. The van der Waals surface area contributed by atoms with Crippen LogP contribution in [0.4, 0.5) is 5.82 Å². The maximum absolute atomic E-state index is 12.3. The average molecular weight is 366 g/mol. The Balaban J connectivity index is 1.42. The van der Waals surface area contributed by atoms with E-state index in [-0.39, 0.29) is 30.2 Å². The molecule has 140 valence electrons. The van der Waals surface area contributed by atoms with Gasteiger partial charge in [0.05, 0.1) is 6.54 Å². The second kappa shape index (κ2) is 8.93. The van der Waals surface area contributed by atoms with Crippen molar-refractivity contribution < 1.29 is 14.4 Å². The van der Waals surface area contributed by atoms with Crippen LogP contribution in [0.5, 0.6) is 0 Å². The average Bonchev–Trinajstić information content (AvgIpc) is 2.73. The Bertz CT molecular complexity index is 787. The first kappa shape index (κ1) is 18.6. The van der Waals surface area contributed by atoms with Crippen molar-refractivity contribution in [2.45, 2.75) is 12.8 Å². The van der Waals surface area contributed by atoms with Crippen molar-refractivity contribution in [3.63, 3.8) is 0 Å². The molecule has 0 saturated carbocycles. The Labute approximate surface area is 157 Å². The highest BCUT2D eigenvalue weighted by Gasteiger charge is 2.27. The summed E-state index contributed by atoms with van der Waals surface area (Å²) in [7, 11) is 0. The molecule has 3 amide bonds. The summed E-state index contributed by atoms with van der Waals surface area (Å²) in [5.74, 6) is -0.0887. The van der Waals surface area contributed by atoms with Crippen molar-refractivity contribution >= 4 is 23.5 Å². The molecular formula is C20H22N4O3. The number of likely N-dealkylation sites (tertiary alicyclic amines) is 1. The maximum atomic E-state index is 12.3. The van der Waals surface area contributed by atoms with E-state index < -0.39 is 0 Å². The van der Waals surface area contributed by atoms with Crippen LogP contribution in [0.25, 0.3) is 0 Å². The monoisotopic (exact) mass is 366 g/mol. The zero-order chi connectivity index (χ0) is 19.1. The van der Waals surface area contributed by atoms with Crippen LogP contribution in [0.2, 0.25) is 0 Å². The fraction of sp³-hybridized carbons (Fsp3) is 0.300. The van der Waals surface area contributed by atoms with Gasteiger partial charge in [-0.25, -0.2) is 4.98 Å². The number of benzene rings is 1. The first-order chi connectivity index (χ1) is 13.1. The van der Waals surface area contributed by atoms with Gasteiger partial charge in [0.15, 0.2) is 0 Å². The Morgan fingerprint density at radius 1 is 1.00 bits per heavy atom. The molecule has 0 spiro atoms. The van der Waals surface area contributed by atoms with Gasteiger partial charge in [0.25, 0.3) is 5.91 Å². The summed E-state index contributed by atoms with van der Waals surface area (Å²) in [6.45, 7) is 0.958. The number of piperidine rings is 1. The summed E-state index contributed by atoms with van der Waals surface area (Å²) < 4.78 is 0. The summed E-state index contributed by atoms with van der Waals surface area (Å²) in [6, 6.07) is 14.1.